The van der Waals surface area contributed by atoms with Crippen LogP contribution in [0.5, 0.6) is 23.0 Å². The van der Waals surface area contributed by atoms with Crippen LogP contribution < -0.4 is 14.2 Å². The number of aryl methyl sites for hydroxylation is 1. The second-order valence-corrected chi connectivity index (χ2v) is 10.4. The molecule has 0 aliphatic carbocycles. The number of halogens is 1. The summed E-state index contributed by atoms with van der Waals surface area (Å²) >= 11 is 1.76. The average molecular weight is 550 g/mol. The Bertz CT molecular complexity index is 1350. The number of thioether (sulfide) groups is 1. The zero-order valence-electron chi connectivity index (χ0n) is 22.4. The van der Waals surface area contributed by atoms with Crippen molar-refractivity contribution in [2.45, 2.75) is 31.1 Å². The lowest BCUT2D eigenvalue weighted by molar-refractivity contribution is 0.183. The van der Waals surface area contributed by atoms with Crippen LogP contribution >= 0.6 is 24.2 Å². The first-order chi connectivity index (χ1) is 18.1. The molecule has 4 nitrogen and oxygen atoms in total. The molecule has 4 aromatic rings. The van der Waals surface area contributed by atoms with Gasteiger partial charge in [-0.25, -0.2) is 0 Å². The molecule has 6 heteroatoms. The van der Waals surface area contributed by atoms with Gasteiger partial charge in [0, 0.05) is 22.4 Å². The molecule has 1 aliphatic rings. The number of benzene rings is 4. The maximum absolute atomic E-state index is 6.61. The van der Waals surface area contributed by atoms with Crippen LogP contribution in [0.4, 0.5) is 0 Å². The van der Waals surface area contributed by atoms with Gasteiger partial charge in [0.25, 0.3) is 0 Å². The van der Waals surface area contributed by atoms with Crippen LogP contribution in [-0.2, 0) is 0 Å². The number of hydrogen-bond donors (Lipinski definition) is 0. The molecule has 0 spiro atoms. The Kier molecular flexibility index (Phi) is 9.84. The molecule has 0 aromatic heterocycles. The van der Waals surface area contributed by atoms with Crippen molar-refractivity contribution in [3.63, 3.8) is 0 Å². The van der Waals surface area contributed by atoms with Gasteiger partial charge in [0.15, 0.2) is 0 Å². The van der Waals surface area contributed by atoms with Gasteiger partial charge in [0.1, 0.15) is 29.6 Å². The molecule has 38 heavy (non-hydrogen) atoms. The van der Waals surface area contributed by atoms with E-state index in [-0.39, 0.29) is 12.4 Å². The first-order valence-electron chi connectivity index (χ1n) is 13.0. The molecule has 0 atom stereocenters. The van der Waals surface area contributed by atoms with Crippen molar-refractivity contribution >= 4 is 34.9 Å². The lowest BCUT2D eigenvalue weighted by Crippen LogP contribution is -2.33. The fourth-order valence-corrected chi connectivity index (χ4v) is 5.49. The molecule has 1 heterocycles. The van der Waals surface area contributed by atoms with Gasteiger partial charge in [-0.1, -0.05) is 18.6 Å². The van der Waals surface area contributed by atoms with Gasteiger partial charge in [0.2, 0.25) is 0 Å². The summed E-state index contributed by atoms with van der Waals surface area (Å²) in [7, 11) is 1.69. The van der Waals surface area contributed by atoms with Crippen LogP contribution in [0, 0.1) is 6.92 Å². The Morgan fingerprint density at radius 3 is 2.21 bits per heavy atom. The summed E-state index contributed by atoms with van der Waals surface area (Å²) in [6.45, 7) is 6.23. The monoisotopic (exact) mass is 549 g/mol. The number of fused-ring (bicyclic) bond motifs is 1. The van der Waals surface area contributed by atoms with Crippen molar-refractivity contribution in [2.75, 3.05) is 39.6 Å². The third-order valence-corrected chi connectivity index (χ3v) is 7.80. The van der Waals surface area contributed by atoms with E-state index >= 15 is 0 Å². The molecule has 0 unspecified atom stereocenters. The first-order valence-corrected chi connectivity index (χ1v) is 14.3. The molecule has 0 radical (unpaired) electrons. The number of hydrogen-bond acceptors (Lipinski definition) is 5. The second kappa shape index (κ2) is 13.3. The lowest BCUT2D eigenvalue weighted by Gasteiger charge is -2.26. The van der Waals surface area contributed by atoms with Crippen molar-refractivity contribution in [3.05, 3.63) is 78.4 Å². The molecule has 0 saturated carbocycles. The Hall–Kier alpha value is -2.86. The fourth-order valence-electron chi connectivity index (χ4n) is 4.99. The SMILES string of the molecule is COc1ccc2c(Oc3ccc(OCCN4CCCCC4)cc3)c(-c3ccc(SC)cc3C)ccc2c1.Cl. The van der Waals surface area contributed by atoms with Crippen molar-refractivity contribution in [3.8, 4) is 34.1 Å². The predicted octanol–water partition coefficient (Wildman–Crippen LogP) is 8.62. The third kappa shape index (κ3) is 6.58. The number of piperidine rings is 1. The van der Waals surface area contributed by atoms with E-state index in [2.05, 4.69) is 60.5 Å². The zero-order chi connectivity index (χ0) is 25.6. The number of likely N-dealkylation sites (tertiary alicyclic amines) is 1. The van der Waals surface area contributed by atoms with Crippen LogP contribution in [-0.4, -0.2) is 44.5 Å². The highest BCUT2D eigenvalue weighted by atomic mass is 35.5. The van der Waals surface area contributed by atoms with Crippen molar-refractivity contribution < 1.29 is 14.2 Å². The van der Waals surface area contributed by atoms with E-state index in [1.165, 1.54) is 48.4 Å². The minimum absolute atomic E-state index is 0. The summed E-state index contributed by atoms with van der Waals surface area (Å²) in [5, 5.41) is 2.13. The largest absolute Gasteiger partial charge is 0.497 e. The molecule has 0 bridgehead atoms. The fraction of sp³-hybridized carbons (Fsp3) is 0.312. The van der Waals surface area contributed by atoms with E-state index in [0.29, 0.717) is 6.61 Å². The third-order valence-electron chi connectivity index (χ3n) is 7.07. The normalized spacial score (nSPS) is 13.7. The summed E-state index contributed by atoms with van der Waals surface area (Å²) in [6, 6.07) is 25.0. The van der Waals surface area contributed by atoms with Gasteiger partial charge in [0.05, 0.1) is 7.11 Å². The summed E-state index contributed by atoms with van der Waals surface area (Å²) in [4.78, 5) is 3.75. The van der Waals surface area contributed by atoms with Gasteiger partial charge in [-0.2, -0.15) is 0 Å². The number of ether oxygens (including phenoxy) is 3. The molecular weight excluding hydrogens is 514 g/mol. The molecule has 5 rings (SSSR count). The molecule has 4 aromatic carbocycles. The lowest BCUT2D eigenvalue weighted by atomic mass is 9.96. The van der Waals surface area contributed by atoms with E-state index in [1.807, 2.05) is 30.3 Å². The maximum Gasteiger partial charge on any atom is 0.143 e. The van der Waals surface area contributed by atoms with E-state index < -0.39 is 0 Å². The Morgan fingerprint density at radius 1 is 0.789 bits per heavy atom. The summed E-state index contributed by atoms with van der Waals surface area (Å²) in [5.74, 6) is 3.33. The highest BCUT2D eigenvalue weighted by Gasteiger charge is 2.15. The van der Waals surface area contributed by atoms with Crippen molar-refractivity contribution in [2.24, 2.45) is 0 Å². The Balaban J connectivity index is 0.00000336. The van der Waals surface area contributed by atoms with Gasteiger partial charge in [-0.05, 0) is 116 Å². The molecule has 200 valence electrons. The van der Waals surface area contributed by atoms with Crippen molar-refractivity contribution in [1.82, 2.24) is 4.90 Å². The zero-order valence-corrected chi connectivity index (χ0v) is 24.0. The quantitative estimate of drug-likeness (QED) is 0.195. The highest BCUT2D eigenvalue weighted by molar-refractivity contribution is 7.98. The van der Waals surface area contributed by atoms with Crippen LogP contribution in [0.25, 0.3) is 21.9 Å². The van der Waals surface area contributed by atoms with E-state index in [0.717, 1.165) is 45.9 Å². The minimum atomic E-state index is 0. The minimum Gasteiger partial charge on any atom is -0.497 e. The molecule has 0 N–H and O–H groups in total. The van der Waals surface area contributed by atoms with Gasteiger partial charge < -0.3 is 14.2 Å². The maximum atomic E-state index is 6.61. The van der Waals surface area contributed by atoms with Crippen LogP contribution in [0.2, 0.25) is 0 Å². The van der Waals surface area contributed by atoms with Gasteiger partial charge in [-0.15, -0.1) is 24.2 Å². The molecule has 1 aliphatic heterocycles. The van der Waals surface area contributed by atoms with Crippen LogP contribution in [0.15, 0.2) is 77.7 Å². The topological polar surface area (TPSA) is 30.9 Å². The summed E-state index contributed by atoms with van der Waals surface area (Å²) in [6.07, 6.45) is 6.06. The smallest absolute Gasteiger partial charge is 0.143 e. The molecule has 1 saturated heterocycles. The Labute approximate surface area is 236 Å². The summed E-state index contributed by atoms with van der Waals surface area (Å²) < 4.78 is 18.1. The predicted molar refractivity (Wildman–Crippen MR) is 162 cm³/mol. The number of rotatable bonds is 9. The Morgan fingerprint density at radius 2 is 1.50 bits per heavy atom. The molecular formula is C32H36ClNO3S. The second-order valence-electron chi connectivity index (χ2n) is 9.53. The number of nitrogens with zero attached hydrogens (tertiary/aromatic N) is 1. The van der Waals surface area contributed by atoms with E-state index in [1.54, 1.807) is 18.9 Å². The standard InChI is InChI=1S/C32H35NO3S.ClH/c1-23-21-28(37-3)13-16-29(23)31-14-7-24-22-27(34-2)12-15-30(24)32(31)36-26-10-8-25(9-11-26)35-20-19-33-17-5-4-6-18-33;/h7-16,21-22H,4-6,17-20H2,1-3H3;1H. The van der Waals surface area contributed by atoms with Crippen LogP contribution in [0.1, 0.15) is 24.8 Å². The molecule has 0 amide bonds. The average Bonchev–Trinajstić information content (AvgIpc) is 2.94. The van der Waals surface area contributed by atoms with E-state index in [9.17, 15) is 0 Å². The van der Waals surface area contributed by atoms with Crippen molar-refractivity contribution in [1.29, 1.82) is 0 Å². The highest BCUT2D eigenvalue weighted by Crippen LogP contribution is 2.42. The van der Waals surface area contributed by atoms with Gasteiger partial charge in [-0.3, -0.25) is 4.90 Å². The molecule has 1 fully saturated rings. The van der Waals surface area contributed by atoms with Gasteiger partial charge >= 0.3 is 0 Å². The number of methoxy groups -OCH3 is 1. The van der Waals surface area contributed by atoms with Crippen LogP contribution in [0.3, 0.4) is 0 Å². The van der Waals surface area contributed by atoms with E-state index in [4.69, 9.17) is 14.2 Å². The summed E-state index contributed by atoms with van der Waals surface area (Å²) in [5.41, 5.74) is 3.47. The first kappa shape index (κ1) is 28.2.